The molecule has 0 saturated carbocycles. The van der Waals surface area contributed by atoms with Crippen molar-refractivity contribution in [2.75, 3.05) is 4.90 Å². The molecule has 8 aromatic carbocycles. The van der Waals surface area contributed by atoms with E-state index < -0.39 is 0 Å². The van der Waals surface area contributed by atoms with E-state index in [2.05, 4.69) is 167 Å². The highest BCUT2D eigenvalue weighted by molar-refractivity contribution is 6.38. The van der Waals surface area contributed by atoms with E-state index in [9.17, 15) is 0 Å². The molecule has 0 N–H and O–H groups in total. The second-order valence-electron chi connectivity index (χ2n) is 11.8. The second-order valence-corrected chi connectivity index (χ2v) is 11.8. The second kappa shape index (κ2) is 8.82. The Labute approximate surface area is 254 Å². The molecule has 0 aliphatic heterocycles. The Morgan fingerprint density at radius 2 is 0.818 bits per heavy atom. The maximum atomic E-state index is 2.48. The summed E-state index contributed by atoms with van der Waals surface area (Å²) >= 11 is 0. The number of para-hydroxylation sites is 2. The summed E-state index contributed by atoms with van der Waals surface area (Å²) in [6, 6.07) is 57.6. The highest BCUT2D eigenvalue weighted by atomic mass is 15.1. The van der Waals surface area contributed by atoms with E-state index in [1.165, 1.54) is 65.3 Å². The van der Waals surface area contributed by atoms with E-state index in [1.807, 2.05) is 0 Å². The SMILES string of the molecule is c1ccc(N(c2ccccc2)c2cccc(-n3c4ccc5cccc6c5c4c4c5c(ccc7cccc-6c75)ccc43)c2)cc1. The van der Waals surface area contributed by atoms with Gasteiger partial charge in [0.1, 0.15) is 0 Å². The van der Waals surface area contributed by atoms with Gasteiger partial charge in [0.15, 0.2) is 0 Å². The van der Waals surface area contributed by atoms with Crippen molar-refractivity contribution < 1.29 is 0 Å². The van der Waals surface area contributed by atoms with Crippen molar-refractivity contribution in [1.82, 2.24) is 4.57 Å². The molecular formula is C42H26N2. The highest BCUT2D eigenvalue weighted by Crippen LogP contribution is 2.50. The number of fused-ring (bicyclic) bond motifs is 1. The molecule has 1 aliphatic carbocycles. The van der Waals surface area contributed by atoms with Gasteiger partial charge in [-0.05, 0) is 92.7 Å². The minimum Gasteiger partial charge on any atom is -0.310 e. The van der Waals surface area contributed by atoms with Gasteiger partial charge in [0.2, 0.25) is 0 Å². The zero-order valence-corrected chi connectivity index (χ0v) is 23.9. The Morgan fingerprint density at radius 1 is 0.341 bits per heavy atom. The predicted octanol–water partition coefficient (Wildman–Crippen LogP) is 11.7. The van der Waals surface area contributed by atoms with Crippen LogP contribution in [0.2, 0.25) is 0 Å². The van der Waals surface area contributed by atoms with E-state index in [0.29, 0.717) is 0 Å². The van der Waals surface area contributed by atoms with Crippen LogP contribution in [0.5, 0.6) is 0 Å². The fourth-order valence-electron chi connectivity index (χ4n) is 7.66. The van der Waals surface area contributed by atoms with Gasteiger partial charge in [-0.3, -0.25) is 0 Å². The Kier molecular flexibility index (Phi) is 4.75. The fraction of sp³-hybridized carbons (Fsp3) is 0. The Hall–Kier alpha value is -5.86. The Morgan fingerprint density at radius 3 is 1.43 bits per heavy atom. The molecule has 0 amide bonds. The zero-order chi connectivity index (χ0) is 28.8. The van der Waals surface area contributed by atoms with Gasteiger partial charge >= 0.3 is 0 Å². The van der Waals surface area contributed by atoms with E-state index in [0.717, 1.165) is 22.7 Å². The van der Waals surface area contributed by atoms with Crippen LogP contribution in [-0.2, 0) is 0 Å². The monoisotopic (exact) mass is 558 g/mol. The third-order valence-electron chi connectivity index (χ3n) is 9.43. The third-order valence-corrected chi connectivity index (χ3v) is 9.43. The van der Waals surface area contributed by atoms with E-state index in [1.54, 1.807) is 0 Å². The molecule has 1 aromatic heterocycles. The normalized spacial score (nSPS) is 12.1. The molecule has 0 atom stereocenters. The van der Waals surface area contributed by atoms with Crippen LogP contribution in [0.15, 0.2) is 158 Å². The Bertz CT molecular complexity index is 2560. The molecule has 1 heterocycles. The van der Waals surface area contributed by atoms with Gasteiger partial charge in [-0.25, -0.2) is 0 Å². The minimum absolute atomic E-state index is 1.12. The first-order valence-electron chi connectivity index (χ1n) is 15.2. The molecule has 10 rings (SSSR count). The molecule has 0 bridgehead atoms. The number of hydrogen-bond donors (Lipinski definition) is 0. The van der Waals surface area contributed by atoms with E-state index in [-0.39, 0.29) is 0 Å². The average Bonchev–Trinajstić information content (AvgIpc) is 3.36. The topological polar surface area (TPSA) is 8.17 Å². The number of hydrogen-bond acceptors (Lipinski definition) is 1. The molecule has 44 heavy (non-hydrogen) atoms. The summed E-state index contributed by atoms with van der Waals surface area (Å²) in [7, 11) is 0. The van der Waals surface area contributed by atoms with Crippen molar-refractivity contribution in [2.45, 2.75) is 0 Å². The van der Waals surface area contributed by atoms with Crippen LogP contribution < -0.4 is 4.90 Å². The average molecular weight is 559 g/mol. The lowest BCUT2D eigenvalue weighted by molar-refractivity contribution is 1.17. The molecule has 2 nitrogen and oxygen atoms in total. The summed E-state index contributed by atoms with van der Waals surface area (Å²) in [5, 5.41) is 10.6. The molecule has 0 radical (unpaired) electrons. The van der Waals surface area contributed by atoms with Crippen LogP contribution in [0.25, 0.3) is 70.9 Å². The van der Waals surface area contributed by atoms with Gasteiger partial charge < -0.3 is 9.47 Å². The summed E-state index contributed by atoms with van der Waals surface area (Å²) in [5.74, 6) is 0. The van der Waals surface area contributed by atoms with E-state index >= 15 is 0 Å². The number of nitrogens with zero attached hydrogens (tertiary/aromatic N) is 2. The summed E-state index contributed by atoms with van der Waals surface area (Å²) in [5.41, 5.74) is 9.65. The summed E-state index contributed by atoms with van der Waals surface area (Å²) in [6.07, 6.45) is 0. The van der Waals surface area contributed by atoms with Crippen LogP contribution >= 0.6 is 0 Å². The van der Waals surface area contributed by atoms with Crippen LogP contribution in [0, 0.1) is 0 Å². The largest absolute Gasteiger partial charge is 0.310 e. The fourth-order valence-corrected chi connectivity index (χ4v) is 7.66. The van der Waals surface area contributed by atoms with Crippen molar-refractivity contribution in [1.29, 1.82) is 0 Å². The quantitative estimate of drug-likeness (QED) is 0.195. The highest BCUT2D eigenvalue weighted by Gasteiger charge is 2.24. The molecule has 1 aliphatic rings. The van der Waals surface area contributed by atoms with Crippen LogP contribution in [0.1, 0.15) is 0 Å². The Balaban J connectivity index is 1.34. The predicted molar refractivity (Wildman–Crippen MR) is 187 cm³/mol. The van der Waals surface area contributed by atoms with Crippen LogP contribution in [0.3, 0.4) is 0 Å². The van der Waals surface area contributed by atoms with Crippen molar-refractivity contribution in [3.05, 3.63) is 158 Å². The number of anilines is 3. The van der Waals surface area contributed by atoms with Gasteiger partial charge in [0, 0.05) is 38.9 Å². The molecule has 0 saturated heterocycles. The molecule has 9 aromatic rings. The van der Waals surface area contributed by atoms with Crippen molar-refractivity contribution in [3.63, 3.8) is 0 Å². The maximum absolute atomic E-state index is 2.48. The zero-order valence-electron chi connectivity index (χ0n) is 23.9. The number of aromatic nitrogens is 1. The number of benzene rings is 8. The van der Waals surface area contributed by atoms with Gasteiger partial charge in [-0.1, -0.05) is 103 Å². The first-order valence-corrected chi connectivity index (χ1v) is 15.2. The lowest BCUT2D eigenvalue weighted by Crippen LogP contribution is -2.10. The molecule has 2 heteroatoms. The first kappa shape index (κ1) is 23.7. The number of rotatable bonds is 4. The van der Waals surface area contributed by atoms with Gasteiger partial charge in [-0.2, -0.15) is 0 Å². The van der Waals surface area contributed by atoms with Crippen LogP contribution in [0.4, 0.5) is 17.1 Å². The van der Waals surface area contributed by atoms with Crippen molar-refractivity contribution >= 4 is 71.2 Å². The maximum Gasteiger partial charge on any atom is 0.0548 e. The summed E-state index contributed by atoms with van der Waals surface area (Å²) in [4.78, 5) is 2.34. The van der Waals surface area contributed by atoms with Crippen molar-refractivity contribution in [2.24, 2.45) is 0 Å². The molecule has 0 spiro atoms. The first-order chi connectivity index (χ1) is 21.8. The molecule has 0 fully saturated rings. The lowest BCUT2D eigenvalue weighted by Gasteiger charge is -2.26. The molecule has 0 unspecified atom stereocenters. The smallest absolute Gasteiger partial charge is 0.0548 e. The van der Waals surface area contributed by atoms with Crippen molar-refractivity contribution in [3.8, 4) is 16.8 Å². The van der Waals surface area contributed by atoms with Crippen LogP contribution in [-0.4, -0.2) is 4.57 Å². The molecular weight excluding hydrogens is 532 g/mol. The summed E-state index contributed by atoms with van der Waals surface area (Å²) in [6.45, 7) is 0. The van der Waals surface area contributed by atoms with E-state index in [4.69, 9.17) is 0 Å². The molecule has 204 valence electrons. The standard InChI is InChI=1S/C42H26N2/c1-3-12-30(13-4-1)43(31-14-5-2-6-15-31)32-16-9-17-33(26-32)44-36-24-22-28-11-8-19-35-34-18-7-10-27-20-21-29-23-25-37(44)42(40(29)38(27)34)41(36)39(28)35/h1-26H. The van der Waals surface area contributed by atoms with Gasteiger partial charge in [-0.15, -0.1) is 0 Å². The van der Waals surface area contributed by atoms with Gasteiger partial charge in [0.25, 0.3) is 0 Å². The lowest BCUT2D eigenvalue weighted by atomic mass is 9.93. The minimum atomic E-state index is 1.12. The summed E-state index contributed by atoms with van der Waals surface area (Å²) < 4.78 is 2.48. The third kappa shape index (κ3) is 3.14. The van der Waals surface area contributed by atoms with Gasteiger partial charge in [0.05, 0.1) is 11.0 Å².